The monoisotopic (exact) mass is 298 g/mol. The number of ether oxygens (including phenoxy) is 1. The van der Waals surface area contributed by atoms with Crippen molar-refractivity contribution in [3.8, 4) is 0 Å². The average Bonchev–Trinajstić information content (AvgIpc) is 2.36. The van der Waals surface area contributed by atoms with E-state index in [1.807, 2.05) is 20.8 Å². The average molecular weight is 299 g/mol. The fraction of sp³-hybridized carbons (Fsp3) is 0.429. The zero-order chi connectivity index (χ0) is 15.5. The smallest absolute Gasteiger partial charge is 0.339 e. The molecule has 20 heavy (non-hydrogen) atoms. The first kappa shape index (κ1) is 16.5. The Morgan fingerprint density at radius 2 is 1.95 bits per heavy atom. The first-order valence-corrected chi connectivity index (χ1v) is 6.49. The van der Waals surface area contributed by atoms with Crippen LogP contribution in [0.25, 0.3) is 0 Å². The maximum absolute atomic E-state index is 12.0. The molecule has 0 aliphatic carbocycles. The lowest BCUT2D eigenvalue weighted by Gasteiger charge is -2.25. The highest BCUT2D eigenvalue weighted by atomic mass is 35.5. The normalized spacial score (nSPS) is 12.7. The van der Waals surface area contributed by atoms with E-state index in [0.717, 1.165) is 0 Å². The number of nitrogens with one attached hydrogen (secondary N) is 1. The molecule has 3 N–H and O–H groups in total. The van der Waals surface area contributed by atoms with Gasteiger partial charge in [-0.3, -0.25) is 4.79 Å². The second kappa shape index (κ2) is 6.24. The van der Waals surface area contributed by atoms with Gasteiger partial charge in [0.15, 0.2) is 0 Å². The van der Waals surface area contributed by atoms with Crippen LogP contribution in [0.5, 0.6) is 0 Å². The Bertz CT molecular complexity index is 524. The summed E-state index contributed by atoms with van der Waals surface area (Å²) >= 11 is 5.97. The van der Waals surface area contributed by atoms with Crippen molar-refractivity contribution in [1.29, 1.82) is 0 Å². The number of nitrogens with two attached hydrogens (primary N) is 1. The number of carbonyl (C=O) groups excluding carboxylic acids is 2. The number of carbonyl (C=O) groups is 2. The van der Waals surface area contributed by atoms with Gasteiger partial charge in [0.05, 0.1) is 23.7 Å². The predicted octanol–water partition coefficient (Wildman–Crippen LogP) is 2.44. The Morgan fingerprint density at radius 3 is 2.40 bits per heavy atom. The van der Waals surface area contributed by atoms with Crippen LogP contribution >= 0.6 is 11.6 Å². The molecular weight excluding hydrogens is 280 g/mol. The number of benzene rings is 1. The van der Waals surface area contributed by atoms with E-state index >= 15 is 0 Å². The lowest BCUT2D eigenvalue weighted by Crippen LogP contribution is -2.45. The van der Waals surface area contributed by atoms with Crippen LogP contribution in [0.1, 0.15) is 31.1 Å². The lowest BCUT2D eigenvalue weighted by molar-refractivity contribution is -0.119. The minimum absolute atomic E-state index is 0.207. The summed E-state index contributed by atoms with van der Waals surface area (Å²) in [6.45, 7) is 5.64. The summed E-state index contributed by atoms with van der Waals surface area (Å²) in [5.41, 5.74) is 6.24. The largest absolute Gasteiger partial charge is 0.465 e. The van der Waals surface area contributed by atoms with Gasteiger partial charge in [0.2, 0.25) is 5.91 Å². The van der Waals surface area contributed by atoms with Gasteiger partial charge in [0, 0.05) is 5.69 Å². The second-order valence-corrected chi connectivity index (χ2v) is 5.93. The molecule has 0 heterocycles. The molecule has 110 valence electrons. The number of rotatable bonds is 3. The summed E-state index contributed by atoms with van der Waals surface area (Å²) in [5, 5.41) is 2.88. The predicted molar refractivity (Wildman–Crippen MR) is 78.9 cm³/mol. The summed E-state index contributed by atoms with van der Waals surface area (Å²) in [5.74, 6) is -0.835. The van der Waals surface area contributed by atoms with Crippen LogP contribution in [0.4, 0.5) is 5.69 Å². The molecule has 0 bridgehead atoms. The van der Waals surface area contributed by atoms with Gasteiger partial charge in [-0.15, -0.1) is 0 Å². The minimum atomic E-state index is -0.651. The number of hydrogen-bond donors (Lipinski definition) is 2. The van der Waals surface area contributed by atoms with E-state index in [1.165, 1.54) is 19.2 Å². The molecule has 0 spiro atoms. The van der Waals surface area contributed by atoms with Crippen molar-refractivity contribution < 1.29 is 14.3 Å². The van der Waals surface area contributed by atoms with Gasteiger partial charge < -0.3 is 15.8 Å². The highest BCUT2D eigenvalue weighted by Gasteiger charge is 2.27. The number of anilines is 1. The van der Waals surface area contributed by atoms with Gasteiger partial charge in [-0.05, 0) is 23.6 Å². The fourth-order valence-corrected chi connectivity index (χ4v) is 1.74. The molecule has 0 radical (unpaired) electrons. The van der Waals surface area contributed by atoms with Gasteiger partial charge >= 0.3 is 5.97 Å². The van der Waals surface area contributed by atoms with Gasteiger partial charge in [-0.1, -0.05) is 32.4 Å². The maximum atomic E-state index is 12.0. The zero-order valence-electron chi connectivity index (χ0n) is 12.0. The summed E-state index contributed by atoms with van der Waals surface area (Å²) < 4.78 is 4.59. The van der Waals surface area contributed by atoms with Crippen LogP contribution in [0, 0.1) is 5.41 Å². The molecule has 1 aromatic carbocycles. The van der Waals surface area contributed by atoms with Crippen LogP contribution in [-0.2, 0) is 9.53 Å². The maximum Gasteiger partial charge on any atom is 0.339 e. The third-order valence-corrected chi connectivity index (χ3v) is 3.17. The number of esters is 1. The van der Waals surface area contributed by atoms with E-state index in [0.29, 0.717) is 5.69 Å². The van der Waals surface area contributed by atoms with E-state index in [1.54, 1.807) is 6.07 Å². The molecule has 0 unspecified atom stereocenters. The molecule has 0 fully saturated rings. The summed E-state index contributed by atoms with van der Waals surface area (Å²) in [6.07, 6.45) is 0. The lowest BCUT2D eigenvalue weighted by atomic mass is 9.87. The first-order valence-electron chi connectivity index (χ1n) is 6.11. The van der Waals surface area contributed by atoms with Crippen LogP contribution < -0.4 is 11.1 Å². The number of halogens is 1. The molecule has 1 atom stereocenters. The Kier molecular flexibility index (Phi) is 5.14. The molecule has 5 nitrogen and oxygen atoms in total. The van der Waals surface area contributed by atoms with E-state index < -0.39 is 12.0 Å². The van der Waals surface area contributed by atoms with E-state index in [-0.39, 0.29) is 21.9 Å². The molecule has 0 saturated heterocycles. The summed E-state index contributed by atoms with van der Waals surface area (Å²) in [7, 11) is 1.27. The van der Waals surface area contributed by atoms with Crippen molar-refractivity contribution in [2.45, 2.75) is 26.8 Å². The quantitative estimate of drug-likeness (QED) is 0.840. The van der Waals surface area contributed by atoms with Crippen LogP contribution in [0.15, 0.2) is 18.2 Å². The Labute approximate surface area is 123 Å². The highest BCUT2D eigenvalue weighted by Crippen LogP contribution is 2.23. The Balaban J connectivity index is 2.88. The Morgan fingerprint density at radius 1 is 1.35 bits per heavy atom. The highest BCUT2D eigenvalue weighted by molar-refractivity contribution is 6.34. The van der Waals surface area contributed by atoms with E-state index in [9.17, 15) is 9.59 Å². The molecule has 1 rings (SSSR count). The minimum Gasteiger partial charge on any atom is -0.465 e. The second-order valence-electron chi connectivity index (χ2n) is 5.52. The fourth-order valence-electron chi connectivity index (χ4n) is 1.48. The molecule has 0 aromatic heterocycles. The number of methoxy groups -OCH3 is 1. The van der Waals surface area contributed by atoms with Crippen LogP contribution in [0.3, 0.4) is 0 Å². The van der Waals surface area contributed by atoms with Crippen molar-refractivity contribution in [2.75, 3.05) is 12.4 Å². The van der Waals surface area contributed by atoms with Crippen molar-refractivity contribution in [3.05, 3.63) is 28.8 Å². The summed E-state index contributed by atoms with van der Waals surface area (Å²) in [4.78, 5) is 23.4. The van der Waals surface area contributed by atoms with E-state index in [4.69, 9.17) is 17.3 Å². The molecular formula is C14H19ClN2O3. The van der Waals surface area contributed by atoms with Gasteiger partial charge in [-0.2, -0.15) is 0 Å². The molecule has 0 saturated carbocycles. The number of hydrogen-bond acceptors (Lipinski definition) is 4. The topological polar surface area (TPSA) is 81.4 Å². The number of amides is 1. The molecule has 6 heteroatoms. The summed E-state index contributed by atoms with van der Waals surface area (Å²) in [6, 6.07) is 3.90. The Hall–Kier alpha value is -1.59. The van der Waals surface area contributed by atoms with Crippen molar-refractivity contribution in [1.82, 2.24) is 0 Å². The molecule has 1 aromatic rings. The molecule has 1 amide bonds. The third kappa shape index (κ3) is 3.95. The zero-order valence-corrected chi connectivity index (χ0v) is 12.7. The van der Waals surface area contributed by atoms with Crippen molar-refractivity contribution in [3.63, 3.8) is 0 Å². The van der Waals surface area contributed by atoms with Crippen LogP contribution in [-0.4, -0.2) is 25.0 Å². The molecule has 0 aliphatic rings. The van der Waals surface area contributed by atoms with Crippen molar-refractivity contribution in [2.24, 2.45) is 11.1 Å². The third-order valence-electron chi connectivity index (χ3n) is 2.86. The van der Waals surface area contributed by atoms with Gasteiger partial charge in [0.1, 0.15) is 0 Å². The van der Waals surface area contributed by atoms with Crippen molar-refractivity contribution >= 4 is 29.2 Å². The first-order chi connectivity index (χ1) is 9.16. The standard InChI is InChI=1S/C14H19ClN2O3/c1-14(2,3)11(16)12(18)17-8-5-6-9(10(15)7-8)13(19)20-4/h5-7,11H,16H2,1-4H3,(H,17,18)/t11-/m1/s1. The van der Waals surface area contributed by atoms with Crippen LogP contribution in [0.2, 0.25) is 5.02 Å². The molecule has 0 aliphatic heterocycles. The SMILES string of the molecule is COC(=O)c1ccc(NC(=O)[C@@H](N)C(C)(C)C)cc1Cl. The van der Waals surface area contributed by atoms with E-state index in [2.05, 4.69) is 10.1 Å². The van der Waals surface area contributed by atoms with Gasteiger partial charge in [0.25, 0.3) is 0 Å². The van der Waals surface area contributed by atoms with Gasteiger partial charge in [-0.25, -0.2) is 4.79 Å².